The van der Waals surface area contributed by atoms with Crippen LogP contribution in [0.15, 0.2) is 6.07 Å². The highest BCUT2D eigenvalue weighted by atomic mass is 16.5. The first-order chi connectivity index (χ1) is 16.4. The van der Waals surface area contributed by atoms with Crippen LogP contribution in [0, 0.1) is 23.7 Å². The Bertz CT molecular complexity index is 1160. The Morgan fingerprint density at radius 1 is 1.20 bits per heavy atom. The zero-order valence-electron chi connectivity index (χ0n) is 19.7. The lowest BCUT2D eigenvalue weighted by atomic mass is 9.52. The Kier molecular flexibility index (Phi) is 6.17. The fourth-order valence-electron chi connectivity index (χ4n) is 6.26. The topological polar surface area (TPSA) is 190 Å². The molecule has 0 saturated heterocycles. The third-order valence-electron chi connectivity index (χ3n) is 7.75. The third kappa shape index (κ3) is 3.37. The van der Waals surface area contributed by atoms with E-state index in [0.29, 0.717) is 16.7 Å². The van der Waals surface area contributed by atoms with E-state index in [1.807, 2.05) is 0 Å². The van der Waals surface area contributed by atoms with E-state index in [0.717, 1.165) is 0 Å². The summed E-state index contributed by atoms with van der Waals surface area (Å²) < 4.78 is 5.10. The van der Waals surface area contributed by atoms with Gasteiger partial charge in [0.1, 0.15) is 5.75 Å². The molecule has 35 heavy (non-hydrogen) atoms. The van der Waals surface area contributed by atoms with Crippen molar-refractivity contribution in [3.63, 3.8) is 0 Å². The molecule has 11 nitrogen and oxygen atoms in total. The number of nitrogens with zero attached hydrogens (tertiary/aromatic N) is 1. The van der Waals surface area contributed by atoms with Crippen LogP contribution >= 0.6 is 0 Å². The Morgan fingerprint density at radius 2 is 1.86 bits per heavy atom. The molecule has 1 amide bonds. The smallest absolute Gasteiger partial charge is 0.235 e. The van der Waals surface area contributed by atoms with E-state index in [-0.39, 0.29) is 37.3 Å². The lowest BCUT2D eigenvalue weighted by Crippen LogP contribution is -2.74. The molecule has 6 atom stereocenters. The first kappa shape index (κ1) is 25.1. The number of benzene rings is 1. The SMILES string of the molecule is COCc1cc(CN)c2c(c1O)C(=O)C1C(=O)C3(O)C(=O)C(C(N)=O)C(=O)C(N(C)C)C3CC1C2. The molecule has 2 saturated carbocycles. The van der Waals surface area contributed by atoms with Gasteiger partial charge in [-0.3, -0.25) is 28.9 Å². The number of phenols is 1. The van der Waals surface area contributed by atoms with Gasteiger partial charge in [-0.1, -0.05) is 0 Å². The lowest BCUT2D eigenvalue weighted by Gasteiger charge is -2.52. The molecule has 0 bridgehead atoms. The molecule has 6 unspecified atom stereocenters. The van der Waals surface area contributed by atoms with Gasteiger partial charge in [0.2, 0.25) is 5.91 Å². The average molecular weight is 488 g/mol. The van der Waals surface area contributed by atoms with Crippen LogP contribution in [0.5, 0.6) is 5.75 Å². The highest BCUT2D eigenvalue weighted by molar-refractivity contribution is 6.32. The summed E-state index contributed by atoms with van der Waals surface area (Å²) in [4.78, 5) is 67.2. The Hall–Kier alpha value is -2.99. The number of Topliss-reactive ketones (excluding diaryl/α,β-unsaturated/α-hetero) is 4. The molecular formula is C24H29N3O8. The van der Waals surface area contributed by atoms with Crippen molar-refractivity contribution in [2.24, 2.45) is 35.1 Å². The first-order valence-corrected chi connectivity index (χ1v) is 11.3. The second kappa shape index (κ2) is 8.59. The molecule has 0 aromatic heterocycles. The largest absolute Gasteiger partial charge is 0.507 e. The van der Waals surface area contributed by atoms with E-state index in [9.17, 15) is 34.2 Å². The van der Waals surface area contributed by atoms with Gasteiger partial charge in [-0.15, -0.1) is 0 Å². The number of carbonyl (C=O) groups excluding carboxylic acids is 5. The number of methoxy groups -OCH3 is 1. The van der Waals surface area contributed by atoms with Crippen molar-refractivity contribution in [1.29, 1.82) is 0 Å². The van der Waals surface area contributed by atoms with Gasteiger partial charge in [-0.2, -0.15) is 0 Å². The van der Waals surface area contributed by atoms with Crippen molar-refractivity contribution in [3.05, 3.63) is 28.3 Å². The maximum Gasteiger partial charge on any atom is 0.235 e. The molecule has 6 N–H and O–H groups in total. The molecular weight excluding hydrogens is 458 g/mol. The van der Waals surface area contributed by atoms with Gasteiger partial charge in [0.05, 0.1) is 24.1 Å². The number of phenolic OH excluding ortho intramolecular Hbond substituents is 1. The summed E-state index contributed by atoms with van der Waals surface area (Å²) >= 11 is 0. The minimum Gasteiger partial charge on any atom is -0.507 e. The van der Waals surface area contributed by atoms with Crippen LogP contribution in [-0.4, -0.2) is 77.0 Å². The normalized spacial score (nSPS) is 32.3. The molecule has 4 rings (SSSR count). The molecule has 0 aliphatic heterocycles. The number of amides is 1. The minimum atomic E-state index is -2.74. The molecule has 3 aliphatic carbocycles. The Morgan fingerprint density at radius 3 is 2.40 bits per heavy atom. The number of fused-ring (bicyclic) bond motifs is 3. The molecule has 11 heteroatoms. The van der Waals surface area contributed by atoms with Crippen LogP contribution in [0.1, 0.15) is 33.5 Å². The fraction of sp³-hybridized carbons (Fsp3) is 0.542. The summed E-state index contributed by atoms with van der Waals surface area (Å²) in [6.07, 6.45) is 0.174. The van der Waals surface area contributed by atoms with Crippen LogP contribution < -0.4 is 11.5 Å². The number of rotatable bonds is 5. The van der Waals surface area contributed by atoms with Crippen molar-refractivity contribution >= 4 is 29.0 Å². The number of hydrogen-bond acceptors (Lipinski definition) is 10. The maximum absolute atomic E-state index is 13.8. The second-order valence-corrected chi connectivity index (χ2v) is 9.82. The Labute approximate surface area is 201 Å². The van der Waals surface area contributed by atoms with Gasteiger partial charge >= 0.3 is 0 Å². The summed E-state index contributed by atoms with van der Waals surface area (Å²) in [5.41, 5.74) is 9.84. The van der Waals surface area contributed by atoms with Crippen molar-refractivity contribution < 1.29 is 38.9 Å². The van der Waals surface area contributed by atoms with Gasteiger partial charge in [0, 0.05) is 25.1 Å². The van der Waals surface area contributed by atoms with Crippen LogP contribution in [0.2, 0.25) is 0 Å². The summed E-state index contributed by atoms with van der Waals surface area (Å²) in [5.74, 6) is -10.7. The number of primary amides is 1. The molecule has 1 aromatic carbocycles. The van der Waals surface area contributed by atoms with Crippen LogP contribution in [0.3, 0.4) is 0 Å². The van der Waals surface area contributed by atoms with Crippen LogP contribution in [0.25, 0.3) is 0 Å². The molecule has 2 fully saturated rings. The number of carbonyl (C=O) groups is 5. The summed E-state index contributed by atoms with van der Waals surface area (Å²) in [7, 11) is 4.50. The van der Waals surface area contributed by atoms with Gasteiger partial charge < -0.3 is 26.4 Å². The van der Waals surface area contributed by atoms with E-state index in [2.05, 4.69) is 0 Å². The zero-order valence-corrected chi connectivity index (χ0v) is 19.7. The summed E-state index contributed by atoms with van der Waals surface area (Å²) in [5, 5.41) is 22.4. The number of nitrogens with two attached hydrogens (primary N) is 2. The monoisotopic (exact) mass is 487 g/mol. The number of likely N-dealkylation sites (N-methyl/N-ethyl adjacent to an activating group) is 1. The van der Waals surface area contributed by atoms with Crippen LogP contribution in [-0.2, 0) is 43.5 Å². The van der Waals surface area contributed by atoms with Gasteiger partial charge in [-0.25, -0.2) is 0 Å². The molecule has 188 valence electrons. The predicted molar refractivity (Wildman–Crippen MR) is 120 cm³/mol. The lowest BCUT2D eigenvalue weighted by molar-refractivity contribution is -0.181. The highest BCUT2D eigenvalue weighted by Gasteiger charge is 2.69. The maximum atomic E-state index is 13.8. The molecule has 0 spiro atoms. The van der Waals surface area contributed by atoms with E-state index in [4.69, 9.17) is 16.2 Å². The zero-order chi connectivity index (χ0) is 26.0. The van der Waals surface area contributed by atoms with E-state index in [1.54, 1.807) is 6.07 Å². The number of ketones is 4. The van der Waals surface area contributed by atoms with E-state index in [1.165, 1.54) is 26.1 Å². The van der Waals surface area contributed by atoms with Gasteiger partial charge in [-0.05, 0) is 50.0 Å². The first-order valence-electron chi connectivity index (χ1n) is 11.3. The fourth-order valence-corrected chi connectivity index (χ4v) is 6.26. The molecule has 0 radical (unpaired) electrons. The molecule has 0 heterocycles. The molecule has 1 aromatic rings. The van der Waals surface area contributed by atoms with Crippen LogP contribution in [0.4, 0.5) is 0 Å². The second-order valence-electron chi connectivity index (χ2n) is 9.82. The number of aromatic hydroxyl groups is 1. The van der Waals surface area contributed by atoms with E-state index < -0.39 is 64.4 Å². The predicted octanol–water partition coefficient (Wildman–Crippen LogP) is -1.53. The quantitative estimate of drug-likeness (QED) is 0.354. The number of ether oxygens (including phenoxy) is 1. The van der Waals surface area contributed by atoms with E-state index >= 15 is 0 Å². The standard InChI is InChI=1S/C24H29N3O8/c1-27(2)17-13-6-9-5-12-10(7-25)4-11(8-35-3)18(28)15(12)19(29)14(9)21(31)24(13,34)22(32)16(20(17)30)23(26)33/h4,9,13-14,16-17,28,34H,5-8,25H2,1-3H3,(H2,26,33). The van der Waals surface area contributed by atoms with Crippen molar-refractivity contribution in [2.75, 3.05) is 21.2 Å². The summed E-state index contributed by atoms with van der Waals surface area (Å²) in [6, 6.07) is 0.517. The van der Waals surface area contributed by atoms with Gasteiger partial charge in [0.15, 0.2) is 34.7 Å². The minimum absolute atomic E-state index is 0.00114. The number of hydrogen-bond donors (Lipinski definition) is 4. The summed E-state index contributed by atoms with van der Waals surface area (Å²) in [6.45, 7) is 0.0712. The molecule has 3 aliphatic rings. The van der Waals surface area contributed by atoms with Gasteiger partial charge in [0.25, 0.3) is 0 Å². The van der Waals surface area contributed by atoms with Crippen molar-refractivity contribution in [2.45, 2.75) is 37.6 Å². The Balaban J connectivity index is 1.89. The number of aliphatic hydroxyl groups is 1. The third-order valence-corrected chi connectivity index (χ3v) is 7.75. The van der Waals surface area contributed by atoms with Crippen molar-refractivity contribution in [3.8, 4) is 5.75 Å². The highest BCUT2D eigenvalue weighted by Crippen LogP contribution is 2.51. The van der Waals surface area contributed by atoms with Crippen molar-refractivity contribution in [1.82, 2.24) is 4.90 Å². The average Bonchev–Trinajstić information content (AvgIpc) is 2.77.